The van der Waals surface area contributed by atoms with Crippen molar-refractivity contribution in [3.05, 3.63) is 181 Å². The van der Waals surface area contributed by atoms with Gasteiger partial charge in [-0.3, -0.25) is 0 Å². The molecule has 0 bridgehead atoms. The van der Waals surface area contributed by atoms with Gasteiger partial charge in [-0.25, -0.2) is 0 Å². The molecule has 234 valence electrons. The Kier molecular flexibility index (Phi) is 5.82. The summed E-state index contributed by atoms with van der Waals surface area (Å²) in [7, 11) is 0. The van der Waals surface area contributed by atoms with Gasteiger partial charge in [0.15, 0.2) is 11.9 Å². The zero-order valence-corrected chi connectivity index (χ0v) is 27.1. The molecule has 2 nitrogen and oxygen atoms in total. The number of hydrogen-bond acceptors (Lipinski definition) is 2. The average Bonchev–Trinajstić information content (AvgIpc) is 3.75. The molecule has 2 unspecified atom stereocenters. The fourth-order valence-electron chi connectivity index (χ4n) is 8.48. The standard InChI is InChI=1S/C48H30O2/c1-2-10-32-27-34(22-19-29(32)9-1)46-38-14-5-3-12-36(38)45(37-13-4-6-15-39(37)46)31-20-17-30(18-21-31)33-23-26-44-42(28-33)41-25-24-40-35-11-7-8-16-43(35)49-47(40)48(41)50-44/h1-28,40,47H. The van der Waals surface area contributed by atoms with E-state index < -0.39 is 0 Å². The van der Waals surface area contributed by atoms with Gasteiger partial charge < -0.3 is 9.15 Å². The van der Waals surface area contributed by atoms with Gasteiger partial charge in [0.25, 0.3) is 0 Å². The molecule has 50 heavy (non-hydrogen) atoms. The van der Waals surface area contributed by atoms with E-state index in [1.807, 2.05) is 6.07 Å². The summed E-state index contributed by atoms with van der Waals surface area (Å²) in [5, 5.41) is 8.68. The van der Waals surface area contributed by atoms with Crippen molar-refractivity contribution in [2.45, 2.75) is 12.0 Å². The molecule has 2 aliphatic rings. The monoisotopic (exact) mass is 638 g/mol. The van der Waals surface area contributed by atoms with E-state index in [1.165, 1.54) is 71.3 Å². The van der Waals surface area contributed by atoms with E-state index >= 15 is 0 Å². The van der Waals surface area contributed by atoms with Gasteiger partial charge in [0.05, 0.1) is 5.92 Å². The van der Waals surface area contributed by atoms with E-state index in [1.54, 1.807) is 0 Å². The van der Waals surface area contributed by atoms with Crippen molar-refractivity contribution in [3.8, 4) is 39.1 Å². The maximum Gasteiger partial charge on any atom is 0.167 e. The Bertz CT molecular complexity index is 2800. The molecule has 0 saturated heterocycles. The fourth-order valence-corrected chi connectivity index (χ4v) is 8.48. The lowest BCUT2D eigenvalue weighted by molar-refractivity contribution is 0.193. The van der Waals surface area contributed by atoms with Crippen LogP contribution in [0.2, 0.25) is 0 Å². The van der Waals surface area contributed by atoms with Crippen molar-refractivity contribution >= 4 is 49.4 Å². The van der Waals surface area contributed by atoms with Crippen LogP contribution in [0.4, 0.5) is 0 Å². The van der Waals surface area contributed by atoms with Crippen molar-refractivity contribution < 1.29 is 9.15 Å². The van der Waals surface area contributed by atoms with Crippen LogP contribution in [-0.2, 0) is 0 Å². The quantitative estimate of drug-likeness (QED) is 0.180. The van der Waals surface area contributed by atoms with Crippen LogP contribution < -0.4 is 4.74 Å². The molecule has 0 saturated carbocycles. The van der Waals surface area contributed by atoms with Gasteiger partial charge in [0.1, 0.15) is 11.3 Å². The first kappa shape index (κ1) is 27.6. The molecule has 2 heterocycles. The Hall–Kier alpha value is -6.38. The van der Waals surface area contributed by atoms with Crippen molar-refractivity contribution in [2.75, 3.05) is 0 Å². The third kappa shape index (κ3) is 4.02. The zero-order chi connectivity index (χ0) is 32.8. The molecule has 0 spiro atoms. The van der Waals surface area contributed by atoms with E-state index in [2.05, 4.69) is 164 Å². The van der Waals surface area contributed by atoms with Crippen LogP contribution in [0.5, 0.6) is 5.75 Å². The SMILES string of the molecule is C1=CC2c3ccccc3OC2c2oc3ccc(-c4ccc(-c5c6ccccc6c(-c6ccc7ccccc7c6)c6ccccc56)cc4)cc3c21. The fraction of sp³-hybridized carbons (Fsp3) is 0.0417. The van der Waals surface area contributed by atoms with Crippen LogP contribution >= 0.6 is 0 Å². The second-order valence-corrected chi connectivity index (χ2v) is 13.5. The average molecular weight is 639 g/mol. The predicted octanol–water partition coefficient (Wildman–Crippen LogP) is 13.1. The Morgan fingerprint density at radius 1 is 0.440 bits per heavy atom. The minimum absolute atomic E-state index is 0.125. The van der Waals surface area contributed by atoms with Crippen molar-refractivity contribution in [1.82, 2.24) is 0 Å². The third-order valence-electron chi connectivity index (χ3n) is 10.8. The summed E-state index contributed by atoms with van der Waals surface area (Å²) in [6, 6.07) is 57.1. The predicted molar refractivity (Wildman–Crippen MR) is 207 cm³/mol. The van der Waals surface area contributed by atoms with Crippen LogP contribution in [0.25, 0.3) is 82.7 Å². The van der Waals surface area contributed by atoms with Gasteiger partial charge in [-0.1, -0.05) is 146 Å². The number of ether oxygens (including phenoxy) is 1. The van der Waals surface area contributed by atoms with Gasteiger partial charge >= 0.3 is 0 Å². The largest absolute Gasteiger partial charge is 0.481 e. The molecule has 2 heteroatoms. The second-order valence-electron chi connectivity index (χ2n) is 13.5. The number of benzene rings is 8. The highest BCUT2D eigenvalue weighted by Gasteiger charge is 2.40. The Morgan fingerprint density at radius 3 is 1.80 bits per heavy atom. The molecule has 0 radical (unpaired) electrons. The molecule has 1 aromatic heterocycles. The highest BCUT2D eigenvalue weighted by molar-refractivity contribution is 6.21. The molecule has 1 aliphatic heterocycles. The zero-order valence-electron chi connectivity index (χ0n) is 27.1. The molecule has 2 atom stereocenters. The summed E-state index contributed by atoms with van der Waals surface area (Å²) in [6.45, 7) is 0. The summed E-state index contributed by atoms with van der Waals surface area (Å²) in [5.41, 5.74) is 10.6. The van der Waals surface area contributed by atoms with Crippen LogP contribution in [0.1, 0.15) is 28.9 Å². The topological polar surface area (TPSA) is 22.4 Å². The highest BCUT2D eigenvalue weighted by Crippen LogP contribution is 2.52. The number of fused-ring (bicyclic) bond motifs is 10. The van der Waals surface area contributed by atoms with E-state index in [0.29, 0.717) is 0 Å². The molecule has 0 N–H and O–H groups in total. The molecule has 0 amide bonds. The molecular formula is C48H30O2. The van der Waals surface area contributed by atoms with Crippen LogP contribution in [-0.4, -0.2) is 0 Å². The van der Waals surface area contributed by atoms with Crippen molar-refractivity contribution in [3.63, 3.8) is 0 Å². The maximum absolute atomic E-state index is 6.47. The van der Waals surface area contributed by atoms with Crippen LogP contribution in [0, 0.1) is 0 Å². The summed E-state index contributed by atoms with van der Waals surface area (Å²) in [4.78, 5) is 0. The summed E-state index contributed by atoms with van der Waals surface area (Å²) in [5.74, 6) is 2.05. The van der Waals surface area contributed by atoms with Gasteiger partial charge in [0, 0.05) is 16.5 Å². The molecule has 8 aromatic carbocycles. The third-order valence-corrected chi connectivity index (χ3v) is 10.8. The first-order valence-corrected chi connectivity index (χ1v) is 17.3. The lowest BCUT2D eigenvalue weighted by Gasteiger charge is -2.18. The van der Waals surface area contributed by atoms with E-state index in [9.17, 15) is 0 Å². The first-order valence-electron chi connectivity index (χ1n) is 17.3. The van der Waals surface area contributed by atoms with Crippen LogP contribution in [0.15, 0.2) is 168 Å². The molecular weight excluding hydrogens is 609 g/mol. The highest BCUT2D eigenvalue weighted by atomic mass is 16.5. The molecule has 1 aliphatic carbocycles. The van der Waals surface area contributed by atoms with Gasteiger partial charge in [-0.05, 0) is 90.0 Å². The van der Waals surface area contributed by atoms with Gasteiger partial charge in [-0.15, -0.1) is 0 Å². The smallest absolute Gasteiger partial charge is 0.167 e. The Labute approximate surface area is 289 Å². The molecule has 9 aromatic rings. The van der Waals surface area contributed by atoms with Gasteiger partial charge in [-0.2, -0.15) is 0 Å². The first-order chi connectivity index (χ1) is 24.8. The normalized spacial score (nSPS) is 16.1. The maximum atomic E-state index is 6.47. The minimum Gasteiger partial charge on any atom is -0.481 e. The minimum atomic E-state index is -0.125. The second kappa shape index (κ2) is 10.6. The summed E-state index contributed by atoms with van der Waals surface area (Å²) >= 11 is 0. The summed E-state index contributed by atoms with van der Waals surface area (Å²) < 4.78 is 12.9. The van der Waals surface area contributed by atoms with Crippen molar-refractivity contribution in [1.29, 1.82) is 0 Å². The van der Waals surface area contributed by atoms with Crippen molar-refractivity contribution in [2.24, 2.45) is 0 Å². The van der Waals surface area contributed by atoms with E-state index in [0.717, 1.165) is 28.0 Å². The van der Waals surface area contributed by atoms with E-state index in [-0.39, 0.29) is 12.0 Å². The summed E-state index contributed by atoms with van der Waals surface area (Å²) in [6.07, 6.45) is 4.37. The Balaban J connectivity index is 1.01. The Morgan fingerprint density at radius 2 is 1.04 bits per heavy atom. The van der Waals surface area contributed by atoms with E-state index in [4.69, 9.17) is 9.15 Å². The number of rotatable bonds is 3. The lowest BCUT2D eigenvalue weighted by atomic mass is 9.85. The lowest BCUT2D eigenvalue weighted by Crippen LogP contribution is -2.11. The number of hydrogen-bond donors (Lipinski definition) is 0. The molecule has 0 fully saturated rings. The van der Waals surface area contributed by atoms with Gasteiger partial charge in [0.2, 0.25) is 0 Å². The molecule has 11 rings (SSSR count). The number of furan rings is 1. The number of para-hydroxylation sites is 1. The van der Waals surface area contributed by atoms with Crippen LogP contribution in [0.3, 0.4) is 0 Å².